The second-order valence-corrected chi connectivity index (χ2v) is 38.2. The lowest BCUT2D eigenvalue weighted by Crippen LogP contribution is -2.30. The fourth-order valence-corrected chi connectivity index (χ4v) is 21.5. The van der Waals surface area contributed by atoms with Crippen LogP contribution in [0.15, 0.2) is 201 Å². The maximum Gasteiger partial charge on any atom is 0.255 e. The van der Waals surface area contributed by atoms with Gasteiger partial charge in [0, 0.05) is 94.9 Å². The number of rotatable bonds is 26. The predicted octanol–water partition coefficient (Wildman–Crippen LogP) is 16.1. The summed E-state index contributed by atoms with van der Waals surface area (Å²) >= 11 is 0. The number of Topliss-reactive ketones (excluding diaryl/α,β-unsaturated/α-hetero) is 5. The van der Waals surface area contributed by atoms with Gasteiger partial charge in [-0.2, -0.15) is 4.39 Å². The molecule has 5 aliphatic carbocycles. The zero-order valence-electron chi connectivity index (χ0n) is 76.3. The van der Waals surface area contributed by atoms with Gasteiger partial charge in [0.25, 0.3) is 5.95 Å². The lowest BCUT2D eigenvalue weighted by atomic mass is 10.0. The minimum Gasteiger partial charge on any atom is -0.508 e. The second kappa shape index (κ2) is 43.3. The number of aromatic nitrogens is 4. The van der Waals surface area contributed by atoms with Gasteiger partial charge >= 0.3 is 0 Å². The molecule has 10 fully saturated rings. The number of carbonyl (C=O) groups excluding carboxylic acids is 5. The van der Waals surface area contributed by atoms with Crippen LogP contribution in [0.25, 0.3) is 0 Å². The Morgan fingerprint density at radius 3 is 1.02 bits per heavy atom. The van der Waals surface area contributed by atoms with Crippen LogP contribution in [0.3, 0.4) is 0 Å². The number of nitrogens with zero attached hydrogens (tertiary/aromatic N) is 9. The quantitative estimate of drug-likeness (QED) is 0.0248. The van der Waals surface area contributed by atoms with Gasteiger partial charge in [0.15, 0.2) is 34.7 Å². The van der Waals surface area contributed by atoms with Gasteiger partial charge in [-0.1, -0.05) is 23.8 Å². The van der Waals surface area contributed by atoms with Crippen LogP contribution in [-0.2, 0) is 0 Å². The number of aryl methyl sites for hydroxylation is 4. The highest BCUT2D eigenvalue weighted by Gasteiger charge is 2.48. The fraction of sp³-hybridized carbons (Fsp3) is 0.425. The summed E-state index contributed by atoms with van der Waals surface area (Å²) in [6, 6.07) is 49.4. The Labute approximate surface area is 779 Å². The molecule has 0 spiro atoms. The van der Waals surface area contributed by atoms with E-state index in [1.165, 1.54) is 54.4 Å². The van der Waals surface area contributed by atoms with Crippen molar-refractivity contribution in [1.82, 2.24) is 44.4 Å². The minimum absolute atomic E-state index is 0.0296. The number of benzene rings is 6. The molecule has 25 nitrogen and oxygen atoms in total. The first-order chi connectivity index (χ1) is 64.6. The van der Waals surface area contributed by atoms with E-state index >= 15 is 0 Å². The van der Waals surface area contributed by atoms with Gasteiger partial charge in [0.05, 0.1) is 88.9 Å². The molecule has 10 aliphatic rings. The molecule has 6 aromatic carbocycles. The molecule has 704 valence electrons. The Balaban J connectivity index is 0.000000122. The number of fused-ring (bicyclic) bond motifs is 5. The lowest BCUT2D eigenvalue weighted by molar-refractivity contribution is 0.0922. The Kier molecular flexibility index (Phi) is 30.7. The highest BCUT2D eigenvalue weighted by Crippen LogP contribution is 2.46. The van der Waals surface area contributed by atoms with E-state index in [1.807, 2.05) is 74.6 Å². The van der Waals surface area contributed by atoms with Crippen LogP contribution in [-0.4, -0.2) is 235 Å². The Bertz CT molecular complexity index is 5620. The number of halogens is 3. The molecule has 20 rings (SSSR count). The van der Waals surface area contributed by atoms with Gasteiger partial charge in [0.1, 0.15) is 86.2 Å². The topological polar surface area (TPSA) is 310 Å². The largest absolute Gasteiger partial charge is 0.508 e. The Hall–Kier alpha value is -12.3. The van der Waals surface area contributed by atoms with Crippen LogP contribution in [0, 0.1) is 104 Å². The molecular weight excluding hydrogens is 1710 g/mol. The first-order valence-corrected chi connectivity index (χ1v) is 46.6. The van der Waals surface area contributed by atoms with Gasteiger partial charge in [-0.3, -0.25) is 53.5 Å². The summed E-state index contributed by atoms with van der Waals surface area (Å²) < 4.78 is 76.1. The van der Waals surface area contributed by atoms with E-state index in [0.29, 0.717) is 131 Å². The van der Waals surface area contributed by atoms with Gasteiger partial charge < -0.3 is 54.0 Å². The number of phenols is 2. The molecule has 28 heteroatoms. The van der Waals surface area contributed by atoms with Crippen LogP contribution >= 0.6 is 0 Å². The molecule has 5 unspecified atom stereocenters. The minimum atomic E-state index is -1.01. The third-order valence-electron chi connectivity index (χ3n) is 27.9. The van der Waals surface area contributed by atoms with Crippen LogP contribution in [0.1, 0.15) is 139 Å². The molecule has 134 heavy (non-hydrogen) atoms. The summed E-state index contributed by atoms with van der Waals surface area (Å²) in [6.07, 6.45) is 17.1. The van der Waals surface area contributed by atoms with Crippen LogP contribution < -0.4 is 28.4 Å². The van der Waals surface area contributed by atoms with Crippen LogP contribution in [0.2, 0.25) is 0 Å². The number of ketones is 5. The summed E-state index contributed by atoms with van der Waals surface area (Å²) in [5, 5.41) is 46.4. The zero-order valence-corrected chi connectivity index (χ0v) is 76.3. The van der Waals surface area contributed by atoms with Crippen LogP contribution in [0.4, 0.5) is 13.2 Å². The number of carbonyl (C=O) groups is 5. The first-order valence-electron chi connectivity index (χ1n) is 46.6. The van der Waals surface area contributed by atoms with Gasteiger partial charge in [-0.05, 0) is 313 Å². The van der Waals surface area contributed by atoms with Gasteiger partial charge in [-0.25, -0.2) is 23.7 Å². The van der Waals surface area contributed by atoms with Crippen molar-refractivity contribution in [3.8, 4) is 63.2 Å². The number of phenolic OH excluding ortho intramolecular Hbond substituents is 2. The van der Waals surface area contributed by atoms with Gasteiger partial charge in [0.2, 0.25) is 0 Å². The van der Waals surface area contributed by atoms with Crippen molar-refractivity contribution in [2.24, 2.45) is 59.2 Å². The molecule has 0 amide bonds. The molecular formula is C106H118F3N9O16. The zero-order chi connectivity index (χ0) is 93.8. The SMILES string of the molecule is COc1ccc(OC2C[C@@H]3CN(CC(=O)c4ccc(O)c(F)n4)C[C@@H]3C2)cc1.Cc1cc(F)cc(OC2C[C@@H]3CN(CC(=O)c4ccc(O)cn4)C[C@@H]3C2)c1.Cc1ccc(OC2C[C@@H]3CN(CC(=O)c4ccc(O)cc4)C[C@@H]3C2)cc1.Cc1ccc(OC2C[C@@H]3CN(CC(=O)c4ccc(O)cn4)C[C@@H]3C2)cc1F.Cc1cncc(OC2C[C@@H]3CN(CC(=O)c4ccc(O)cc4)C[C@@H]3C2)c1. The number of pyridine rings is 4. The standard InChI is InChI=1S/C22H25NO3.C21H23FN2O4.2C21H23FN2O3.C21H24N2O3/c1-15-2-8-20(9-3-15)26-21-10-17-12-23(13-18(17)11-21)14-22(25)16-4-6-19(24)7-5-16;1-27-15-2-4-16(5-3-15)28-17-8-13-10-24(11-14(13)9-17)12-20(26)18-6-7-19(25)21(22)23-18;1-13-2-4-17(8-19(13)22)27-18-6-14-10-24(11-15(14)7-18)12-21(26)20-5-3-16(25)9-23-20;1-13-4-16(22)8-18(5-13)27-19-6-14-10-24(11-15(14)7-19)12-21(26)20-3-2-17(25)9-23-20;1-14-6-20(10-22-9-14)26-19-7-16-11-23(12-17(16)8-19)13-21(25)15-2-4-18(24)5-3-15/h2-9,17-18,21,24H,10-14H2,1H3;2-7,13-14,17,25H,8-12H2,1H3;2-5,8-9,14-15,18,25H,6-7,10-12H2,1H3;2-5,8-9,14-15,19,25H,6-7,10-12H2,1H3;2-6,9-10,16-17,19,24H,7-8,11-13H2,1H3/t17-,18+,21?;13-,14+,17?;14-,15+,18?;14-,15+,19?;16-,17+,19?. The van der Waals surface area contributed by atoms with Crippen molar-refractivity contribution in [3.05, 3.63) is 269 Å². The molecule has 5 saturated heterocycles. The molecule has 5 N–H and O–H groups in total. The molecule has 4 aromatic heterocycles. The van der Waals surface area contributed by atoms with E-state index in [9.17, 15) is 62.7 Å². The van der Waals surface area contributed by atoms with Crippen molar-refractivity contribution in [3.63, 3.8) is 0 Å². The maximum absolute atomic E-state index is 13.7. The summed E-state index contributed by atoms with van der Waals surface area (Å²) in [4.78, 5) is 88.6. The summed E-state index contributed by atoms with van der Waals surface area (Å²) in [5.74, 6) is 8.50. The van der Waals surface area contributed by atoms with Crippen molar-refractivity contribution < 1.29 is 91.1 Å². The Morgan fingerprint density at radius 2 is 0.657 bits per heavy atom. The average molecular weight is 1830 g/mol. The lowest BCUT2D eigenvalue weighted by Gasteiger charge is -2.19. The highest BCUT2D eigenvalue weighted by molar-refractivity contribution is 5.99. The van der Waals surface area contributed by atoms with E-state index in [1.54, 1.807) is 87.0 Å². The summed E-state index contributed by atoms with van der Waals surface area (Å²) in [7, 11) is 1.64. The van der Waals surface area contributed by atoms with E-state index < -0.39 is 11.7 Å². The van der Waals surface area contributed by atoms with Crippen molar-refractivity contribution in [2.45, 2.75) is 122 Å². The number of likely N-dealkylation sites (tertiary alicyclic amines) is 5. The number of hydrogen-bond acceptors (Lipinski definition) is 25. The molecule has 5 aliphatic heterocycles. The van der Waals surface area contributed by atoms with Crippen molar-refractivity contribution >= 4 is 28.9 Å². The molecule has 0 radical (unpaired) electrons. The van der Waals surface area contributed by atoms with Crippen molar-refractivity contribution in [2.75, 3.05) is 105 Å². The predicted molar refractivity (Wildman–Crippen MR) is 496 cm³/mol. The smallest absolute Gasteiger partial charge is 0.255 e. The van der Waals surface area contributed by atoms with E-state index in [4.69, 9.17) is 28.4 Å². The molecule has 10 aromatic rings. The van der Waals surface area contributed by atoms with Crippen LogP contribution in [0.5, 0.6) is 63.2 Å². The van der Waals surface area contributed by atoms with Gasteiger partial charge in [-0.15, -0.1) is 0 Å². The molecule has 9 heterocycles. The molecule has 0 bridgehead atoms. The number of hydrogen-bond donors (Lipinski definition) is 5. The number of methoxy groups -OCH3 is 1. The molecule has 15 atom stereocenters. The normalized spacial score (nSPS) is 24.8. The third kappa shape index (κ3) is 25.4. The highest BCUT2D eigenvalue weighted by atomic mass is 19.1. The second-order valence-electron chi connectivity index (χ2n) is 38.2. The van der Waals surface area contributed by atoms with E-state index in [0.717, 1.165) is 170 Å². The maximum atomic E-state index is 13.7. The Morgan fingerprint density at radius 1 is 0.321 bits per heavy atom. The first kappa shape index (κ1) is 94.8. The third-order valence-corrected chi connectivity index (χ3v) is 27.9. The monoisotopic (exact) mass is 1830 g/mol. The summed E-state index contributed by atoms with van der Waals surface area (Å²) in [5.41, 5.74) is 5.97. The molecule has 5 saturated carbocycles. The summed E-state index contributed by atoms with van der Waals surface area (Å²) in [6.45, 7) is 18.5. The van der Waals surface area contributed by atoms with E-state index in [2.05, 4.69) is 63.5 Å². The average Bonchev–Trinajstić information content (AvgIpc) is 1.68. The fourth-order valence-electron chi connectivity index (χ4n) is 21.5. The number of aromatic hydroxyl groups is 5. The van der Waals surface area contributed by atoms with E-state index in [-0.39, 0.29) is 100 Å². The number of ether oxygens (including phenoxy) is 6. The van der Waals surface area contributed by atoms with Crippen molar-refractivity contribution in [1.29, 1.82) is 0 Å².